The maximum atomic E-state index is 14.2. The Morgan fingerprint density at radius 2 is 1.73 bits per heavy atom. The number of anilines is 1. The van der Waals surface area contributed by atoms with Gasteiger partial charge in [-0.2, -0.15) is 0 Å². The highest BCUT2D eigenvalue weighted by molar-refractivity contribution is 5.66. The molecule has 0 spiro atoms. The first-order valence-corrected chi connectivity index (χ1v) is 13.0. The number of hydrogen-bond acceptors (Lipinski definition) is 5. The predicted octanol–water partition coefficient (Wildman–Crippen LogP) is 3.38. The molecule has 0 aromatic heterocycles. The first-order valence-electron chi connectivity index (χ1n) is 13.0. The molecule has 0 aliphatic carbocycles. The number of carboxylic acids is 1. The van der Waals surface area contributed by atoms with Crippen molar-refractivity contribution in [2.24, 2.45) is 5.92 Å². The predicted molar refractivity (Wildman–Crippen MR) is 130 cm³/mol. The van der Waals surface area contributed by atoms with E-state index in [-0.39, 0.29) is 12.2 Å². The van der Waals surface area contributed by atoms with E-state index in [2.05, 4.69) is 26.5 Å². The Balaban J connectivity index is 1.34. The normalized spacial score (nSPS) is 26.5. The average Bonchev–Trinajstić information content (AvgIpc) is 2.84. The van der Waals surface area contributed by atoms with Gasteiger partial charge in [-0.15, -0.1) is 0 Å². The number of benzene rings is 1. The van der Waals surface area contributed by atoms with Crippen LogP contribution in [0, 0.1) is 11.7 Å². The van der Waals surface area contributed by atoms with Crippen LogP contribution in [0.15, 0.2) is 24.3 Å². The van der Waals surface area contributed by atoms with Crippen molar-refractivity contribution < 1.29 is 14.3 Å². The van der Waals surface area contributed by atoms with E-state index >= 15 is 0 Å². The molecule has 4 rings (SSSR count). The van der Waals surface area contributed by atoms with Crippen LogP contribution in [-0.4, -0.2) is 96.8 Å². The minimum absolute atomic E-state index is 0.149. The van der Waals surface area contributed by atoms with E-state index in [1.165, 1.54) is 45.0 Å². The van der Waals surface area contributed by atoms with Gasteiger partial charge in [-0.1, -0.05) is 19.1 Å². The quantitative estimate of drug-likeness (QED) is 0.642. The molecule has 0 saturated carbocycles. The minimum Gasteiger partial charge on any atom is -0.481 e. The monoisotopic (exact) mass is 460 g/mol. The van der Waals surface area contributed by atoms with Gasteiger partial charge in [0.1, 0.15) is 5.82 Å². The number of aliphatic carboxylic acids is 1. The molecule has 0 unspecified atom stereocenters. The third-order valence-electron chi connectivity index (χ3n) is 8.04. The summed E-state index contributed by atoms with van der Waals surface area (Å²) >= 11 is 0. The van der Waals surface area contributed by atoms with Gasteiger partial charge >= 0.3 is 5.97 Å². The summed E-state index contributed by atoms with van der Waals surface area (Å²) in [7, 11) is 0. The Morgan fingerprint density at radius 3 is 2.39 bits per heavy atom. The van der Waals surface area contributed by atoms with E-state index in [9.17, 15) is 14.3 Å². The molecular formula is C26H41FN4O2. The molecule has 0 amide bonds. The molecule has 2 atom stereocenters. The number of halogens is 1. The standard InChI is InChI=1S/C26H41FN4O2/c1-2-12-28-13-9-22(10-14-28)31-15-11-24(21(20-31)7-8-26(32)33)29-16-18-30(19-17-29)25-6-4-3-5-23(25)27/h3-6,21-22,24H,2,7-20H2,1H3,(H,32,33)/t21-,24+/m0/s1. The van der Waals surface area contributed by atoms with Gasteiger partial charge in [0.05, 0.1) is 5.69 Å². The topological polar surface area (TPSA) is 50.3 Å². The third-order valence-corrected chi connectivity index (χ3v) is 8.04. The first-order chi connectivity index (χ1) is 16.0. The molecule has 0 bridgehead atoms. The smallest absolute Gasteiger partial charge is 0.303 e. The summed E-state index contributed by atoms with van der Waals surface area (Å²) in [4.78, 5) is 21.3. The van der Waals surface area contributed by atoms with E-state index in [0.717, 1.165) is 52.1 Å². The molecule has 3 aliphatic heterocycles. The highest BCUT2D eigenvalue weighted by Crippen LogP contribution is 2.31. The number of piperidine rings is 2. The summed E-state index contributed by atoms with van der Waals surface area (Å²) in [6.45, 7) is 11.4. The summed E-state index contributed by atoms with van der Waals surface area (Å²) in [5.41, 5.74) is 0.698. The fraction of sp³-hybridized carbons (Fsp3) is 0.731. The molecule has 7 heteroatoms. The maximum absolute atomic E-state index is 14.2. The van der Waals surface area contributed by atoms with Crippen LogP contribution in [0.1, 0.15) is 45.4 Å². The lowest BCUT2D eigenvalue weighted by atomic mass is 9.85. The Hall–Kier alpha value is -1.70. The van der Waals surface area contributed by atoms with Crippen LogP contribution in [0.3, 0.4) is 0 Å². The Labute approximate surface area is 198 Å². The molecule has 33 heavy (non-hydrogen) atoms. The number of hydrogen-bond donors (Lipinski definition) is 1. The van der Waals surface area contributed by atoms with Crippen LogP contribution in [0.5, 0.6) is 0 Å². The molecule has 0 radical (unpaired) electrons. The number of rotatable bonds is 8. The second-order valence-corrected chi connectivity index (χ2v) is 10.1. The van der Waals surface area contributed by atoms with Crippen molar-refractivity contribution in [3.05, 3.63) is 30.1 Å². The largest absolute Gasteiger partial charge is 0.481 e. The minimum atomic E-state index is -0.692. The lowest BCUT2D eigenvalue weighted by Gasteiger charge is -2.49. The number of carboxylic acid groups (broad SMARTS) is 1. The molecule has 184 valence electrons. The average molecular weight is 461 g/mol. The zero-order chi connectivity index (χ0) is 23.2. The van der Waals surface area contributed by atoms with Gasteiger partial charge in [0.2, 0.25) is 0 Å². The SMILES string of the molecule is CCCN1CCC(N2CC[C@@H](N3CCN(c4ccccc4F)CC3)[C@@H](CCC(=O)O)C2)CC1. The van der Waals surface area contributed by atoms with Crippen LogP contribution in [-0.2, 0) is 4.79 Å². The van der Waals surface area contributed by atoms with Gasteiger partial charge < -0.3 is 14.9 Å². The van der Waals surface area contributed by atoms with Gasteiger partial charge in [-0.25, -0.2) is 4.39 Å². The molecule has 1 N–H and O–H groups in total. The van der Waals surface area contributed by atoms with E-state index in [0.29, 0.717) is 23.7 Å². The van der Waals surface area contributed by atoms with E-state index in [4.69, 9.17) is 0 Å². The summed E-state index contributed by atoms with van der Waals surface area (Å²) in [6, 6.07) is 8.11. The zero-order valence-electron chi connectivity index (χ0n) is 20.2. The highest BCUT2D eigenvalue weighted by atomic mass is 19.1. The van der Waals surface area contributed by atoms with Gasteiger partial charge in [-0.3, -0.25) is 14.6 Å². The summed E-state index contributed by atoms with van der Waals surface area (Å²) < 4.78 is 14.2. The lowest BCUT2D eigenvalue weighted by molar-refractivity contribution is -0.137. The highest BCUT2D eigenvalue weighted by Gasteiger charge is 2.37. The van der Waals surface area contributed by atoms with Crippen molar-refractivity contribution in [2.45, 2.75) is 57.5 Å². The van der Waals surface area contributed by atoms with Crippen LogP contribution in [0.2, 0.25) is 0 Å². The first kappa shape index (κ1) is 24.4. The van der Waals surface area contributed by atoms with Crippen molar-refractivity contribution >= 4 is 11.7 Å². The number of carbonyl (C=O) groups is 1. The molecule has 3 fully saturated rings. The van der Waals surface area contributed by atoms with Crippen molar-refractivity contribution in [3.63, 3.8) is 0 Å². The fourth-order valence-corrected chi connectivity index (χ4v) is 6.28. The van der Waals surface area contributed by atoms with E-state index < -0.39 is 5.97 Å². The van der Waals surface area contributed by atoms with Gasteiger partial charge in [-0.05, 0) is 76.3 Å². The van der Waals surface area contributed by atoms with Crippen molar-refractivity contribution in [1.29, 1.82) is 0 Å². The summed E-state index contributed by atoms with van der Waals surface area (Å²) in [5.74, 6) is -0.449. The Bertz CT molecular complexity index is 762. The molecule has 6 nitrogen and oxygen atoms in total. The van der Waals surface area contributed by atoms with Gasteiger partial charge in [0.25, 0.3) is 0 Å². The van der Waals surface area contributed by atoms with Crippen LogP contribution in [0.4, 0.5) is 10.1 Å². The second-order valence-electron chi connectivity index (χ2n) is 10.1. The molecular weight excluding hydrogens is 419 g/mol. The summed E-state index contributed by atoms with van der Waals surface area (Å²) in [5, 5.41) is 9.35. The van der Waals surface area contributed by atoms with Crippen LogP contribution < -0.4 is 4.90 Å². The fourth-order valence-electron chi connectivity index (χ4n) is 6.28. The molecule has 3 saturated heterocycles. The van der Waals surface area contributed by atoms with Crippen LogP contribution >= 0.6 is 0 Å². The van der Waals surface area contributed by atoms with Crippen molar-refractivity contribution in [3.8, 4) is 0 Å². The van der Waals surface area contributed by atoms with Crippen molar-refractivity contribution in [1.82, 2.24) is 14.7 Å². The van der Waals surface area contributed by atoms with Crippen molar-refractivity contribution in [2.75, 3.05) is 63.8 Å². The molecule has 1 aromatic rings. The van der Waals surface area contributed by atoms with E-state index in [1.54, 1.807) is 6.07 Å². The van der Waals surface area contributed by atoms with E-state index in [1.807, 2.05) is 12.1 Å². The molecule has 1 aromatic carbocycles. The number of likely N-dealkylation sites (tertiary alicyclic amines) is 2. The maximum Gasteiger partial charge on any atom is 0.303 e. The van der Waals surface area contributed by atoms with Gasteiger partial charge in [0, 0.05) is 51.2 Å². The zero-order valence-corrected chi connectivity index (χ0v) is 20.2. The number of nitrogens with zero attached hydrogens (tertiary/aromatic N) is 4. The molecule has 3 heterocycles. The molecule has 3 aliphatic rings. The second kappa shape index (κ2) is 11.6. The van der Waals surface area contributed by atoms with Crippen LogP contribution in [0.25, 0.3) is 0 Å². The van der Waals surface area contributed by atoms with Gasteiger partial charge in [0.15, 0.2) is 0 Å². The number of para-hydroxylation sites is 1. The Kier molecular flexibility index (Phi) is 8.61. The third kappa shape index (κ3) is 6.25. The Morgan fingerprint density at radius 1 is 1.00 bits per heavy atom. The number of piperazine rings is 1. The lowest BCUT2D eigenvalue weighted by Crippen LogP contribution is -2.58. The summed E-state index contributed by atoms with van der Waals surface area (Å²) in [6.07, 6.45) is 5.80.